The highest BCUT2D eigenvalue weighted by atomic mass is 16.6. The summed E-state index contributed by atoms with van der Waals surface area (Å²) in [5, 5.41) is 13.8. The average molecular weight is 342 g/mol. The van der Waals surface area contributed by atoms with Crippen LogP contribution >= 0.6 is 0 Å². The molecule has 0 unspecified atom stereocenters. The molecule has 2 rings (SSSR count). The van der Waals surface area contributed by atoms with Crippen molar-refractivity contribution in [2.75, 3.05) is 6.61 Å². The molecule has 0 radical (unpaired) electrons. The van der Waals surface area contributed by atoms with Gasteiger partial charge in [0.25, 0.3) is 11.6 Å². The Bertz CT molecular complexity index is 817. The number of nitrogens with zero attached hydrogens (tertiary/aromatic N) is 1. The highest BCUT2D eigenvalue weighted by Crippen LogP contribution is 2.18. The summed E-state index contributed by atoms with van der Waals surface area (Å²) in [6.07, 6.45) is 0. The van der Waals surface area contributed by atoms with Gasteiger partial charge in [-0.3, -0.25) is 14.9 Å². The number of ether oxygens (including phenoxy) is 1. The normalized spacial score (nSPS) is 10.2. The second kappa shape index (κ2) is 8.05. The lowest BCUT2D eigenvalue weighted by Crippen LogP contribution is -2.23. The maximum Gasteiger partial charge on any atom is 0.338 e. The van der Waals surface area contributed by atoms with Gasteiger partial charge >= 0.3 is 5.97 Å². The van der Waals surface area contributed by atoms with E-state index in [9.17, 15) is 19.7 Å². The molecule has 7 heteroatoms. The zero-order valence-corrected chi connectivity index (χ0v) is 13.9. The molecule has 2 aromatic rings. The molecule has 0 aliphatic rings. The van der Waals surface area contributed by atoms with Crippen molar-refractivity contribution in [1.82, 2.24) is 5.32 Å². The smallest absolute Gasteiger partial charge is 0.338 e. The minimum atomic E-state index is -0.709. The largest absolute Gasteiger partial charge is 0.462 e. The molecule has 25 heavy (non-hydrogen) atoms. The fourth-order valence-corrected chi connectivity index (χ4v) is 2.27. The topological polar surface area (TPSA) is 98.5 Å². The molecule has 0 aliphatic carbocycles. The fraction of sp³-hybridized carbons (Fsp3) is 0.222. The lowest BCUT2D eigenvalue weighted by atomic mass is 10.1. The van der Waals surface area contributed by atoms with Crippen LogP contribution < -0.4 is 5.32 Å². The van der Waals surface area contributed by atoms with Crippen LogP contribution in [0.5, 0.6) is 0 Å². The van der Waals surface area contributed by atoms with E-state index in [0.717, 1.165) is 23.3 Å². The van der Waals surface area contributed by atoms with Gasteiger partial charge in [0.15, 0.2) is 0 Å². The number of nitro groups is 1. The zero-order valence-electron chi connectivity index (χ0n) is 13.9. The summed E-state index contributed by atoms with van der Waals surface area (Å²) in [6.45, 7) is 3.97. The zero-order chi connectivity index (χ0) is 18.4. The van der Waals surface area contributed by atoms with E-state index in [-0.39, 0.29) is 30.0 Å². The van der Waals surface area contributed by atoms with Crippen molar-refractivity contribution in [2.45, 2.75) is 20.4 Å². The highest BCUT2D eigenvalue weighted by molar-refractivity contribution is 5.99. The lowest BCUT2D eigenvalue weighted by molar-refractivity contribution is -0.384. The van der Waals surface area contributed by atoms with Gasteiger partial charge in [-0.15, -0.1) is 0 Å². The Balaban J connectivity index is 2.24. The summed E-state index contributed by atoms with van der Waals surface area (Å²) in [4.78, 5) is 34.6. The van der Waals surface area contributed by atoms with Gasteiger partial charge in [-0.1, -0.05) is 24.3 Å². The number of hydrogen-bond acceptors (Lipinski definition) is 5. The molecule has 7 nitrogen and oxygen atoms in total. The minimum Gasteiger partial charge on any atom is -0.462 e. The van der Waals surface area contributed by atoms with E-state index in [1.165, 1.54) is 6.07 Å². The third-order valence-electron chi connectivity index (χ3n) is 3.60. The second-order valence-electron chi connectivity index (χ2n) is 5.36. The van der Waals surface area contributed by atoms with Gasteiger partial charge < -0.3 is 10.1 Å². The van der Waals surface area contributed by atoms with E-state index in [4.69, 9.17) is 4.74 Å². The molecule has 1 amide bonds. The van der Waals surface area contributed by atoms with E-state index in [1.54, 1.807) is 6.92 Å². The molecule has 0 bridgehead atoms. The molecular weight excluding hydrogens is 324 g/mol. The monoisotopic (exact) mass is 342 g/mol. The van der Waals surface area contributed by atoms with Crippen molar-refractivity contribution in [3.63, 3.8) is 0 Å². The van der Waals surface area contributed by atoms with Crippen molar-refractivity contribution in [3.8, 4) is 0 Å². The molecule has 1 N–H and O–H groups in total. The second-order valence-corrected chi connectivity index (χ2v) is 5.36. The highest BCUT2D eigenvalue weighted by Gasteiger charge is 2.18. The van der Waals surface area contributed by atoms with Crippen LogP contribution in [0.4, 0.5) is 5.69 Å². The number of nitrogens with one attached hydrogen (secondary N) is 1. The van der Waals surface area contributed by atoms with Gasteiger partial charge in [0.1, 0.15) is 0 Å². The Morgan fingerprint density at radius 3 is 2.48 bits per heavy atom. The number of carbonyl (C=O) groups is 2. The van der Waals surface area contributed by atoms with Gasteiger partial charge in [-0.2, -0.15) is 0 Å². The number of aryl methyl sites for hydroxylation is 1. The van der Waals surface area contributed by atoms with E-state index in [1.807, 2.05) is 31.2 Å². The van der Waals surface area contributed by atoms with Crippen LogP contribution in [-0.4, -0.2) is 23.4 Å². The number of non-ortho nitro benzene ring substituents is 1. The lowest BCUT2D eigenvalue weighted by Gasteiger charge is -2.09. The first kappa shape index (κ1) is 18.1. The van der Waals surface area contributed by atoms with Gasteiger partial charge in [-0.25, -0.2) is 4.79 Å². The van der Waals surface area contributed by atoms with Crippen LogP contribution in [0.3, 0.4) is 0 Å². The molecule has 0 heterocycles. The third-order valence-corrected chi connectivity index (χ3v) is 3.60. The third kappa shape index (κ3) is 4.63. The van der Waals surface area contributed by atoms with Gasteiger partial charge in [0.05, 0.1) is 17.1 Å². The first-order valence-electron chi connectivity index (χ1n) is 7.71. The number of esters is 1. The number of nitro benzene ring substituents is 1. The molecule has 0 saturated carbocycles. The Labute approximate surface area is 144 Å². The number of hydrogen-bond donors (Lipinski definition) is 1. The number of rotatable bonds is 6. The summed E-state index contributed by atoms with van der Waals surface area (Å²) in [6, 6.07) is 11.1. The maximum atomic E-state index is 12.4. The average Bonchev–Trinajstić information content (AvgIpc) is 2.60. The molecule has 2 aromatic carbocycles. The van der Waals surface area contributed by atoms with Crippen LogP contribution in [-0.2, 0) is 11.3 Å². The molecule has 0 fully saturated rings. The van der Waals surface area contributed by atoms with Crippen molar-refractivity contribution in [1.29, 1.82) is 0 Å². The number of carbonyl (C=O) groups excluding carboxylic acids is 2. The van der Waals surface area contributed by atoms with E-state index < -0.39 is 16.8 Å². The molecule has 130 valence electrons. The first-order chi connectivity index (χ1) is 11.9. The molecular formula is C18H18N2O5. The van der Waals surface area contributed by atoms with Gasteiger partial charge in [0.2, 0.25) is 0 Å². The number of amides is 1. The van der Waals surface area contributed by atoms with Crippen LogP contribution in [0.15, 0.2) is 42.5 Å². The Hall–Kier alpha value is -3.22. The quantitative estimate of drug-likeness (QED) is 0.494. The predicted molar refractivity (Wildman–Crippen MR) is 91.4 cm³/mol. The molecule has 0 saturated heterocycles. The number of benzene rings is 2. The summed E-state index contributed by atoms with van der Waals surface area (Å²) in [7, 11) is 0. The van der Waals surface area contributed by atoms with E-state index in [0.29, 0.717) is 0 Å². The standard InChI is InChI=1S/C18H18N2O5/c1-3-25-18(22)15-8-14(9-16(10-15)20(23)24)17(21)19-11-13-7-5-4-6-12(13)2/h4-10H,3,11H2,1-2H3,(H,19,21). The molecule has 0 atom stereocenters. The summed E-state index contributed by atoms with van der Waals surface area (Å²) in [5.41, 5.74) is 1.62. The van der Waals surface area contributed by atoms with Crippen LogP contribution in [0.25, 0.3) is 0 Å². The van der Waals surface area contributed by atoms with Crippen molar-refractivity contribution in [3.05, 3.63) is 74.8 Å². The van der Waals surface area contributed by atoms with E-state index in [2.05, 4.69) is 5.32 Å². The Morgan fingerprint density at radius 2 is 1.84 bits per heavy atom. The summed E-state index contributed by atoms with van der Waals surface area (Å²) >= 11 is 0. The SMILES string of the molecule is CCOC(=O)c1cc(C(=O)NCc2ccccc2C)cc([N+](=O)[O-])c1. The summed E-state index contributed by atoms with van der Waals surface area (Å²) < 4.78 is 4.85. The van der Waals surface area contributed by atoms with Crippen molar-refractivity contribution in [2.24, 2.45) is 0 Å². The molecule has 0 aromatic heterocycles. The Morgan fingerprint density at radius 1 is 1.16 bits per heavy atom. The fourth-order valence-electron chi connectivity index (χ4n) is 2.27. The minimum absolute atomic E-state index is 0.0305. The van der Waals surface area contributed by atoms with Crippen LogP contribution in [0.2, 0.25) is 0 Å². The molecule has 0 spiro atoms. The first-order valence-corrected chi connectivity index (χ1v) is 7.71. The van der Waals surface area contributed by atoms with Crippen LogP contribution in [0, 0.1) is 17.0 Å². The van der Waals surface area contributed by atoms with Crippen LogP contribution in [0.1, 0.15) is 38.8 Å². The van der Waals surface area contributed by atoms with Crippen molar-refractivity contribution < 1.29 is 19.2 Å². The van der Waals surface area contributed by atoms with Gasteiger partial charge in [0, 0.05) is 24.2 Å². The summed E-state index contributed by atoms with van der Waals surface area (Å²) in [5.74, 6) is -1.21. The Kier molecular flexibility index (Phi) is 5.84. The van der Waals surface area contributed by atoms with Gasteiger partial charge in [-0.05, 0) is 31.0 Å². The van der Waals surface area contributed by atoms with Crippen molar-refractivity contribution >= 4 is 17.6 Å². The van der Waals surface area contributed by atoms with E-state index >= 15 is 0 Å². The molecule has 0 aliphatic heterocycles. The maximum absolute atomic E-state index is 12.4. The predicted octanol–water partition coefficient (Wildman–Crippen LogP) is 3.01.